The summed E-state index contributed by atoms with van der Waals surface area (Å²) in [5, 5.41) is 0. The number of halogens is 1. The minimum atomic E-state index is 0.00961. The van der Waals surface area contributed by atoms with Crippen molar-refractivity contribution in [2.24, 2.45) is 0 Å². The van der Waals surface area contributed by atoms with E-state index in [4.69, 9.17) is 0 Å². The molecule has 2 heterocycles. The molecule has 1 aromatic carbocycles. The Morgan fingerprint density at radius 3 is 2.25 bits per heavy atom. The number of carbonyl (C=O) groups is 2. The monoisotopic (exact) mass is 387 g/mol. The van der Waals surface area contributed by atoms with E-state index in [-0.39, 0.29) is 11.7 Å². The van der Waals surface area contributed by atoms with E-state index >= 15 is 0 Å². The van der Waals surface area contributed by atoms with Crippen molar-refractivity contribution in [1.29, 1.82) is 0 Å². The van der Waals surface area contributed by atoms with Gasteiger partial charge >= 0.3 is 0 Å². The van der Waals surface area contributed by atoms with Gasteiger partial charge in [0.25, 0.3) is 5.91 Å². The third-order valence-electron chi connectivity index (χ3n) is 4.16. The van der Waals surface area contributed by atoms with Gasteiger partial charge in [-0.25, -0.2) is 0 Å². The number of hydrogen-bond acceptors (Lipinski definition) is 4. The van der Waals surface area contributed by atoms with Gasteiger partial charge in [-0.2, -0.15) is 0 Å². The van der Waals surface area contributed by atoms with Crippen molar-refractivity contribution >= 4 is 33.3 Å². The first-order chi connectivity index (χ1) is 11.5. The van der Waals surface area contributed by atoms with Crippen LogP contribution in [-0.4, -0.2) is 47.8 Å². The third kappa shape index (κ3) is 3.64. The van der Waals surface area contributed by atoms with Gasteiger partial charge in [0.1, 0.15) is 0 Å². The Hall–Kier alpha value is -2.21. The Morgan fingerprint density at radius 1 is 1.00 bits per heavy atom. The molecular formula is C18H18BrN3O2. The van der Waals surface area contributed by atoms with E-state index in [1.165, 1.54) is 0 Å². The summed E-state index contributed by atoms with van der Waals surface area (Å²) in [6.07, 6.45) is 3.26. The third-order valence-corrected chi connectivity index (χ3v) is 4.59. The van der Waals surface area contributed by atoms with Crippen LogP contribution in [0.3, 0.4) is 0 Å². The molecule has 0 N–H and O–H groups in total. The minimum Gasteiger partial charge on any atom is -0.368 e. The first kappa shape index (κ1) is 16.6. The molecule has 24 heavy (non-hydrogen) atoms. The normalized spacial score (nSPS) is 14.6. The molecule has 1 aliphatic rings. The van der Waals surface area contributed by atoms with Crippen LogP contribution in [0.2, 0.25) is 0 Å². The predicted molar refractivity (Wildman–Crippen MR) is 96.5 cm³/mol. The van der Waals surface area contributed by atoms with Gasteiger partial charge in [-0.1, -0.05) is 0 Å². The van der Waals surface area contributed by atoms with Crippen LogP contribution in [0.4, 0.5) is 5.69 Å². The molecule has 1 aromatic heterocycles. The number of nitrogens with zero attached hydrogens (tertiary/aromatic N) is 3. The number of aromatic nitrogens is 1. The molecule has 0 saturated carbocycles. The number of pyridine rings is 1. The van der Waals surface area contributed by atoms with Crippen molar-refractivity contribution in [3.8, 4) is 0 Å². The second-order valence-electron chi connectivity index (χ2n) is 5.77. The number of amides is 1. The molecule has 124 valence electrons. The summed E-state index contributed by atoms with van der Waals surface area (Å²) < 4.78 is 0.803. The maximum absolute atomic E-state index is 12.5. The zero-order chi connectivity index (χ0) is 17.1. The highest BCUT2D eigenvalue weighted by Gasteiger charge is 2.22. The lowest BCUT2D eigenvalue weighted by molar-refractivity contribution is 0.0746. The van der Waals surface area contributed by atoms with E-state index in [2.05, 4.69) is 25.8 Å². The maximum atomic E-state index is 12.5. The van der Waals surface area contributed by atoms with Crippen molar-refractivity contribution in [3.63, 3.8) is 0 Å². The molecule has 1 fully saturated rings. The molecule has 1 aliphatic heterocycles. The quantitative estimate of drug-likeness (QED) is 0.759. The zero-order valence-corrected chi connectivity index (χ0v) is 15.0. The fraction of sp³-hybridized carbons (Fsp3) is 0.278. The highest BCUT2D eigenvalue weighted by molar-refractivity contribution is 9.10. The van der Waals surface area contributed by atoms with Crippen molar-refractivity contribution in [2.45, 2.75) is 6.92 Å². The average molecular weight is 388 g/mol. The van der Waals surface area contributed by atoms with Gasteiger partial charge in [0.05, 0.1) is 5.56 Å². The summed E-state index contributed by atoms with van der Waals surface area (Å²) in [5.74, 6) is 0.0787. The summed E-state index contributed by atoms with van der Waals surface area (Å²) in [5.41, 5.74) is 2.40. The number of anilines is 1. The van der Waals surface area contributed by atoms with Gasteiger partial charge in [-0.3, -0.25) is 14.6 Å². The van der Waals surface area contributed by atoms with E-state index in [1.54, 1.807) is 25.4 Å². The number of rotatable bonds is 3. The Balaban J connectivity index is 1.63. The minimum absolute atomic E-state index is 0.00961. The average Bonchev–Trinajstić information content (AvgIpc) is 2.61. The fourth-order valence-corrected chi connectivity index (χ4v) is 3.15. The van der Waals surface area contributed by atoms with Gasteiger partial charge in [0.15, 0.2) is 5.78 Å². The van der Waals surface area contributed by atoms with Crippen molar-refractivity contribution in [2.75, 3.05) is 31.1 Å². The van der Waals surface area contributed by atoms with Crippen LogP contribution in [0.25, 0.3) is 0 Å². The Morgan fingerprint density at radius 2 is 1.67 bits per heavy atom. The highest BCUT2D eigenvalue weighted by atomic mass is 79.9. The second-order valence-corrected chi connectivity index (χ2v) is 6.69. The molecule has 0 radical (unpaired) electrons. The van der Waals surface area contributed by atoms with E-state index in [9.17, 15) is 9.59 Å². The Kier molecular flexibility index (Phi) is 4.94. The molecule has 1 amide bonds. The smallest absolute Gasteiger partial charge is 0.255 e. The summed E-state index contributed by atoms with van der Waals surface area (Å²) in [6.45, 7) is 4.44. The Labute approximate surface area is 149 Å². The summed E-state index contributed by atoms with van der Waals surface area (Å²) in [4.78, 5) is 32.0. The summed E-state index contributed by atoms with van der Waals surface area (Å²) in [6, 6.07) is 9.42. The maximum Gasteiger partial charge on any atom is 0.255 e. The van der Waals surface area contributed by atoms with E-state index in [1.807, 2.05) is 29.2 Å². The molecule has 2 aromatic rings. The first-order valence-electron chi connectivity index (χ1n) is 7.80. The number of carbonyl (C=O) groups excluding carboxylic acids is 2. The van der Waals surface area contributed by atoms with E-state index in [0.717, 1.165) is 28.8 Å². The fourth-order valence-electron chi connectivity index (χ4n) is 2.79. The SMILES string of the molecule is CC(=O)c1ccc(N2CCN(C(=O)c3cncc(Br)c3)CC2)cc1. The molecule has 1 saturated heterocycles. The lowest BCUT2D eigenvalue weighted by atomic mass is 10.1. The topological polar surface area (TPSA) is 53.5 Å². The summed E-state index contributed by atoms with van der Waals surface area (Å²) in [7, 11) is 0. The summed E-state index contributed by atoms with van der Waals surface area (Å²) >= 11 is 3.35. The molecular weight excluding hydrogens is 370 g/mol. The molecule has 5 nitrogen and oxygen atoms in total. The number of ketones is 1. The van der Waals surface area contributed by atoms with Crippen LogP contribution in [0, 0.1) is 0 Å². The van der Waals surface area contributed by atoms with Crippen LogP contribution >= 0.6 is 15.9 Å². The van der Waals surface area contributed by atoms with Crippen LogP contribution in [-0.2, 0) is 0 Å². The second kappa shape index (κ2) is 7.13. The zero-order valence-electron chi connectivity index (χ0n) is 13.4. The van der Waals surface area contributed by atoms with E-state index < -0.39 is 0 Å². The lowest BCUT2D eigenvalue weighted by Gasteiger charge is -2.36. The van der Waals surface area contributed by atoms with Gasteiger partial charge < -0.3 is 9.80 Å². The molecule has 3 rings (SSSR count). The van der Waals surface area contributed by atoms with Gasteiger partial charge in [-0.15, -0.1) is 0 Å². The van der Waals surface area contributed by atoms with Crippen LogP contribution in [0.15, 0.2) is 47.2 Å². The number of hydrogen-bond donors (Lipinski definition) is 0. The van der Waals surface area contributed by atoms with Gasteiger partial charge in [0, 0.05) is 54.3 Å². The predicted octanol–water partition coefficient (Wildman–Crippen LogP) is 3.01. The first-order valence-corrected chi connectivity index (χ1v) is 8.59. The largest absolute Gasteiger partial charge is 0.368 e. The molecule has 0 aliphatic carbocycles. The van der Waals surface area contributed by atoms with Crippen molar-refractivity contribution in [3.05, 3.63) is 58.3 Å². The van der Waals surface area contributed by atoms with Gasteiger partial charge in [0.2, 0.25) is 0 Å². The van der Waals surface area contributed by atoms with Crippen LogP contribution < -0.4 is 4.90 Å². The molecule has 0 spiro atoms. The van der Waals surface area contributed by atoms with Crippen LogP contribution in [0.5, 0.6) is 0 Å². The molecule has 0 atom stereocenters. The van der Waals surface area contributed by atoms with Gasteiger partial charge in [-0.05, 0) is 53.2 Å². The van der Waals surface area contributed by atoms with Crippen molar-refractivity contribution < 1.29 is 9.59 Å². The Bertz CT molecular complexity index is 753. The lowest BCUT2D eigenvalue weighted by Crippen LogP contribution is -2.48. The standard InChI is InChI=1S/C18H18BrN3O2/c1-13(23)14-2-4-17(5-3-14)21-6-8-22(9-7-21)18(24)15-10-16(19)12-20-11-15/h2-5,10-12H,6-9H2,1H3. The van der Waals surface area contributed by atoms with Crippen LogP contribution in [0.1, 0.15) is 27.6 Å². The molecule has 0 unspecified atom stereocenters. The molecule has 0 bridgehead atoms. The number of Topliss-reactive ketones (excluding diaryl/α,β-unsaturated/α-hetero) is 1. The number of benzene rings is 1. The molecule has 6 heteroatoms. The highest BCUT2D eigenvalue weighted by Crippen LogP contribution is 2.19. The van der Waals surface area contributed by atoms with Crippen molar-refractivity contribution in [1.82, 2.24) is 9.88 Å². The number of piperazine rings is 1. The van der Waals surface area contributed by atoms with E-state index in [0.29, 0.717) is 18.7 Å².